The predicted octanol–water partition coefficient (Wildman–Crippen LogP) is 3.59. The van der Waals surface area contributed by atoms with Crippen LogP contribution in [0.2, 0.25) is 0 Å². The van der Waals surface area contributed by atoms with E-state index in [0.29, 0.717) is 19.1 Å². The number of alkyl halides is 2. The van der Waals surface area contributed by atoms with Gasteiger partial charge in [0.15, 0.2) is 0 Å². The fraction of sp³-hybridized carbons (Fsp3) is 0.800. The van der Waals surface area contributed by atoms with Crippen LogP contribution in [-0.4, -0.2) is 31.2 Å². The van der Waals surface area contributed by atoms with Crippen molar-refractivity contribution in [1.29, 1.82) is 0 Å². The molecule has 0 aliphatic heterocycles. The molecule has 1 N–H and O–H groups in total. The van der Waals surface area contributed by atoms with Gasteiger partial charge < -0.3 is 10.1 Å². The van der Waals surface area contributed by atoms with Crippen molar-refractivity contribution in [3.63, 3.8) is 0 Å². The maximum absolute atomic E-state index is 12.0. The van der Waals surface area contributed by atoms with E-state index >= 15 is 0 Å². The Bertz CT molecular complexity index is 463. The fourth-order valence-electron chi connectivity index (χ4n) is 2.83. The quantitative estimate of drug-likeness (QED) is 0.780. The van der Waals surface area contributed by atoms with Gasteiger partial charge >= 0.3 is 0 Å². The molecule has 0 spiro atoms. The molecule has 0 saturated carbocycles. The van der Waals surface area contributed by atoms with Crippen LogP contribution in [0.4, 0.5) is 8.78 Å². The van der Waals surface area contributed by atoms with Crippen molar-refractivity contribution in [3.05, 3.63) is 15.6 Å². The van der Waals surface area contributed by atoms with Crippen LogP contribution in [0.15, 0.2) is 0 Å². The minimum atomic E-state index is -2.39. The first-order valence-corrected chi connectivity index (χ1v) is 8.30. The van der Waals surface area contributed by atoms with E-state index in [-0.39, 0.29) is 5.41 Å². The molecule has 1 atom stereocenters. The second kappa shape index (κ2) is 7.11. The summed E-state index contributed by atoms with van der Waals surface area (Å²) >= 11 is 1.70. The first kappa shape index (κ1) is 16.8. The van der Waals surface area contributed by atoms with Gasteiger partial charge in [0, 0.05) is 17.3 Å². The maximum Gasteiger partial charge on any atom is 0.261 e. The van der Waals surface area contributed by atoms with E-state index in [4.69, 9.17) is 9.72 Å². The van der Waals surface area contributed by atoms with Gasteiger partial charge in [0.25, 0.3) is 6.43 Å². The van der Waals surface area contributed by atoms with Gasteiger partial charge in [-0.3, -0.25) is 0 Å². The third kappa shape index (κ3) is 4.69. The summed E-state index contributed by atoms with van der Waals surface area (Å²) in [7, 11) is 0. The normalized spacial score (nSPS) is 20.8. The molecule has 21 heavy (non-hydrogen) atoms. The molecule has 1 aromatic heterocycles. The number of nitrogens with one attached hydrogen (secondary N) is 1. The van der Waals surface area contributed by atoms with Gasteiger partial charge in [-0.2, -0.15) is 0 Å². The summed E-state index contributed by atoms with van der Waals surface area (Å²) in [4.78, 5) is 6.03. The number of nitrogens with zero attached hydrogens (tertiary/aromatic N) is 1. The van der Waals surface area contributed by atoms with Crippen LogP contribution < -0.4 is 5.32 Å². The standard InChI is InChI=1S/C15H24F2N2OS/c1-4-18-10-7-15(2,3)8-11-14(10)21-13(19-11)5-6-20-9-12(16)17/h10,12,18H,4-9H2,1-3H3. The summed E-state index contributed by atoms with van der Waals surface area (Å²) < 4.78 is 29.0. The topological polar surface area (TPSA) is 34.2 Å². The van der Waals surface area contributed by atoms with Gasteiger partial charge in [-0.15, -0.1) is 11.3 Å². The average Bonchev–Trinajstić information content (AvgIpc) is 2.76. The number of hydrogen-bond acceptors (Lipinski definition) is 4. The first-order chi connectivity index (χ1) is 9.91. The monoisotopic (exact) mass is 318 g/mol. The lowest BCUT2D eigenvalue weighted by Crippen LogP contribution is -2.32. The van der Waals surface area contributed by atoms with Crippen molar-refractivity contribution in [3.8, 4) is 0 Å². The molecule has 0 amide bonds. The molecule has 1 heterocycles. The molecular formula is C15H24F2N2OS. The lowest BCUT2D eigenvalue weighted by Gasteiger charge is -2.34. The van der Waals surface area contributed by atoms with Crippen LogP contribution >= 0.6 is 11.3 Å². The Morgan fingerprint density at radius 3 is 2.90 bits per heavy atom. The van der Waals surface area contributed by atoms with Gasteiger partial charge in [-0.25, -0.2) is 13.8 Å². The average molecular weight is 318 g/mol. The summed E-state index contributed by atoms with van der Waals surface area (Å²) in [6, 6.07) is 0.363. The molecule has 1 aliphatic rings. The van der Waals surface area contributed by atoms with Crippen molar-refractivity contribution in [2.45, 2.75) is 52.5 Å². The summed E-state index contributed by atoms with van der Waals surface area (Å²) in [5, 5.41) is 4.53. The van der Waals surface area contributed by atoms with E-state index in [1.807, 2.05) is 0 Å². The third-order valence-corrected chi connectivity index (χ3v) is 4.92. The van der Waals surface area contributed by atoms with E-state index in [1.54, 1.807) is 11.3 Å². The second-order valence-electron chi connectivity index (χ2n) is 6.29. The molecule has 2 rings (SSSR count). The van der Waals surface area contributed by atoms with Crippen molar-refractivity contribution >= 4 is 11.3 Å². The molecule has 1 aromatic rings. The predicted molar refractivity (Wildman–Crippen MR) is 81.2 cm³/mol. The molecule has 0 bridgehead atoms. The number of rotatable bonds is 7. The molecule has 6 heteroatoms. The van der Waals surface area contributed by atoms with Crippen LogP contribution in [0.25, 0.3) is 0 Å². The van der Waals surface area contributed by atoms with Gasteiger partial charge in [0.2, 0.25) is 0 Å². The third-order valence-electron chi connectivity index (χ3n) is 3.65. The molecule has 0 radical (unpaired) electrons. The number of aromatic nitrogens is 1. The summed E-state index contributed by atoms with van der Waals surface area (Å²) in [6.07, 6.45) is 0.313. The zero-order valence-corrected chi connectivity index (χ0v) is 13.7. The zero-order valence-electron chi connectivity index (χ0n) is 12.9. The van der Waals surface area contributed by atoms with E-state index < -0.39 is 13.0 Å². The van der Waals surface area contributed by atoms with Gasteiger partial charge in [0.1, 0.15) is 6.61 Å². The number of thiazole rings is 1. The minimum absolute atomic E-state index is 0.247. The lowest BCUT2D eigenvalue weighted by atomic mass is 9.76. The van der Waals surface area contributed by atoms with Crippen molar-refractivity contribution < 1.29 is 13.5 Å². The Morgan fingerprint density at radius 2 is 2.24 bits per heavy atom. The molecule has 1 aliphatic carbocycles. The van der Waals surface area contributed by atoms with Crippen molar-refractivity contribution in [1.82, 2.24) is 10.3 Å². The van der Waals surface area contributed by atoms with Gasteiger partial charge in [-0.05, 0) is 24.8 Å². The van der Waals surface area contributed by atoms with E-state index in [1.165, 1.54) is 10.6 Å². The van der Waals surface area contributed by atoms with Crippen LogP contribution in [0.5, 0.6) is 0 Å². The summed E-state index contributed by atoms with van der Waals surface area (Å²) in [5.74, 6) is 0. The van der Waals surface area contributed by atoms with Crippen LogP contribution in [0, 0.1) is 5.41 Å². The van der Waals surface area contributed by atoms with Crippen LogP contribution in [-0.2, 0) is 17.6 Å². The van der Waals surface area contributed by atoms with E-state index in [2.05, 4.69) is 26.1 Å². The Hall–Kier alpha value is -0.590. The Labute approximate surface area is 129 Å². The highest BCUT2D eigenvalue weighted by atomic mass is 32.1. The maximum atomic E-state index is 12.0. The highest BCUT2D eigenvalue weighted by Gasteiger charge is 2.34. The minimum Gasteiger partial charge on any atom is -0.375 e. The zero-order chi connectivity index (χ0) is 15.5. The lowest BCUT2D eigenvalue weighted by molar-refractivity contribution is 0.0187. The Kier molecular flexibility index (Phi) is 5.68. The van der Waals surface area contributed by atoms with Crippen LogP contribution in [0.3, 0.4) is 0 Å². The Balaban J connectivity index is 2.01. The smallest absolute Gasteiger partial charge is 0.261 e. The summed E-state index contributed by atoms with van der Waals surface area (Å²) in [6.45, 7) is 7.41. The van der Waals surface area contributed by atoms with Crippen LogP contribution in [0.1, 0.15) is 48.8 Å². The molecule has 0 aromatic carbocycles. The largest absolute Gasteiger partial charge is 0.375 e. The second-order valence-corrected chi connectivity index (χ2v) is 7.41. The number of hydrogen-bond donors (Lipinski definition) is 1. The number of ether oxygens (including phenoxy) is 1. The fourth-order valence-corrected chi connectivity index (χ4v) is 3.97. The number of fused-ring (bicyclic) bond motifs is 1. The molecule has 120 valence electrons. The van der Waals surface area contributed by atoms with Crippen molar-refractivity contribution in [2.75, 3.05) is 19.8 Å². The molecule has 1 unspecified atom stereocenters. The van der Waals surface area contributed by atoms with Gasteiger partial charge in [0.05, 0.1) is 17.3 Å². The highest BCUT2D eigenvalue weighted by molar-refractivity contribution is 7.11. The molecular weight excluding hydrogens is 294 g/mol. The highest BCUT2D eigenvalue weighted by Crippen LogP contribution is 2.43. The Morgan fingerprint density at radius 1 is 1.48 bits per heavy atom. The number of halogens is 2. The van der Waals surface area contributed by atoms with E-state index in [9.17, 15) is 8.78 Å². The van der Waals surface area contributed by atoms with Crippen molar-refractivity contribution in [2.24, 2.45) is 5.41 Å². The van der Waals surface area contributed by atoms with Gasteiger partial charge in [-0.1, -0.05) is 20.8 Å². The SMILES string of the molecule is CCNC1CC(C)(C)Cc2nc(CCOCC(F)F)sc21. The molecule has 0 saturated heterocycles. The molecule has 0 fully saturated rings. The van der Waals surface area contributed by atoms with E-state index in [0.717, 1.165) is 24.4 Å². The first-order valence-electron chi connectivity index (χ1n) is 7.49. The summed E-state index contributed by atoms with van der Waals surface area (Å²) in [5.41, 5.74) is 1.42. The molecule has 3 nitrogen and oxygen atoms in total.